The lowest BCUT2D eigenvalue weighted by Gasteiger charge is -2.37. The molecule has 40 heavy (non-hydrogen) atoms. The van der Waals surface area contributed by atoms with E-state index in [-0.39, 0.29) is 44.9 Å². The lowest BCUT2D eigenvalue weighted by molar-refractivity contribution is -0.137. The number of thiophene rings is 1. The van der Waals surface area contributed by atoms with E-state index in [4.69, 9.17) is 5.10 Å². The van der Waals surface area contributed by atoms with Gasteiger partial charge in [-0.05, 0) is 57.2 Å². The number of alkyl halides is 3. The first-order chi connectivity index (χ1) is 18.1. The first kappa shape index (κ1) is 31.5. The summed E-state index contributed by atoms with van der Waals surface area (Å²) < 4.78 is 41.7. The number of benzene rings is 2. The Morgan fingerprint density at radius 1 is 1.00 bits per heavy atom. The van der Waals surface area contributed by atoms with Crippen LogP contribution in [0.1, 0.15) is 56.2 Å². The first-order valence-electron chi connectivity index (χ1n) is 12.3. The third kappa shape index (κ3) is 5.73. The number of hydrogen-bond acceptors (Lipinski definition) is 4. The average molecular weight is 606 g/mol. The molecule has 0 saturated heterocycles. The molecule has 5 rings (SSSR count). The lowest BCUT2D eigenvalue weighted by Crippen LogP contribution is -2.45. The molecule has 1 aliphatic rings. The summed E-state index contributed by atoms with van der Waals surface area (Å²) in [6, 6.07) is 17.9. The van der Waals surface area contributed by atoms with Crippen molar-refractivity contribution in [2.75, 3.05) is 11.4 Å². The van der Waals surface area contributed by atoms with Crippen LogP contribution in [0.3, 0.4) is 0 Å². The molecule has 3 heterocycles. The Kier molecular flexibility index (Phi) is 9.64. The summed E-state index contributed by atoms with van der Waals surface area (Å²) in [7, 11) is 0. The Balaban J connectivity index is 0.00000220. The summed E-state index contributed by atoms with van der Waals surface area (Å²) in [5.41, 5.74) is 1.46. The summed E-state index contributed by atoms with van der Waals surface area (Å²) in [6.45, 7) is 6.08. The summed E-state index contributed by atoms with van der Waals surface area (Å²) in [5.74, 6) is -1.31. The van der Waals surface area contributed by atoms with Crippen LogP contribution in [0, 0.1) is 19.8 Å². The SMILES string of the molecule is CCN1C(=O)[C@@H](CC(=O)c2cccc(C(F)(F)F)c2)[C@@H](c2ccc(C)s2)c2c(C)nn(-c3ccccc3)c21.S.S. The van der Waals surface area contributed by atoms with Gasteiger partial charge in [-0.2, -0.15) is 45.3 Å². The number of aromatic nitrogens is 2. The molecule has 0 N–H and O–H groups in total. The zero-order chi connectivity index (χ0) is 27.2. The van der Waals surface area contributed by atoms with Gasteiger partial charge in [-0.3, -0.25) is 14.5 Å². The molecule has 1 amide bonds. The van der Waals surface area contributed by atoms with Crippen LogP contribution in [0.5, 0.6) is 0 Å². The van der Waals surface area contributed by atoms with Gasteiger partial charge in [0.25, 0.3) is 0 Å². The number of amides is 1. The highest BCUT2D eigenvalue weighted by atomic mass is 32.1. The number of fused-ring (bicyclic) bond motifs is 1. The van der Waals surface area contributed by atoms with Crippen LogP contribution in [0.15, 0.2) is 66.7 Å². The number of carbonyl (C=O) groups is 2. The van der Waals surface area contributed by atoms with Crippen molar-refractivity contribution in [2.24, 2.45) is 5.92 Å². The minimum Gasteiger partial charge on any atom is -0.296 e. The molecular weight excluding hydrogens is 576 g/mol. The van der Waals surface area contributed by atoms with E-state index >= 15 is 0 Å². The minimum atomic E-state index is -4.56. The van der Waals surface area contributed by atoms with Crippen molar-refractivity contribution in [1.29, 1.82) is 0 Å². The van der Waals surface area contributed by atoms with Crippen LogP contribution < -0.4 is 4.90 Å². The number of Topliss-reactive ketones (excluding diaryl/α,β-unsaturated/α-hetero) is 1. The largest absolute Gasteiger partial charge is 0.416 e. The van der Waals surface area contributed by atoms with Crippen LogP contribution >= 0.6 is 38.3 Å². The van der Waals surface area contributed by atoms with E-state index in [0.717, 1.165) is 38.8 Å². The van der Waals surface area contributed by atoms with Crippen molar-refractivity contribution >= 4 is 55.8 Å². The van der Waals surface area contributed by atoms with E-state index < -0.39 is 29.4 Å². The number of para-hydroxylation sites is 1. The summed E-state index contributed by atoms with van der Waals surface area (Å²) in [6.07, 6.45) is -4.78. The molecule has 0 fully saturated rings. The maximum Gasteiger partial charge on any atom is 0.416 e. The number of anilines is 1. The fourth-order valence-electron chi connectivity index (χ4n) is 5.21. The monoisotopic (exact) mass is 605 g/mol. The Bertz CT molecular complexity index is 1520. The maximum atomic E-state index is 14.1. The molecule has 11 heteroatoms. The first-order valence-corrected chi connectivity index (χ1v) is 13.1. The minimum absolute atomic E-state index is 0. The van der Waals surface area contributed by atoms with Crippen molar-refractivity contribution in [3.63, 3.8) is 0 Å². The van der Waals surface area contributed by atoms with Gasteiger partial charge in [0.15, 0.2) is 5.78 Å². The molecule has 2 aromatic heterocycles. The molecule has 0 bridgehead atoms. The van der Waals surface area contributed by atoms with Gasteiger partial charge >= 0.3 is 6.18 Å². The summed E-state index contributed by atoms with van der Waals surface area (Å²) in [4.78, 5) is 31.1. The molecule has 212 valence electrons. The van der Waals surface area contributed by atoms with Crippen molar-refractivity contribution in [3.8, 4) is 5.69 Å². The predicted molar refractivity (Wildman–Crippen MR) is 162 cm³/mol. The molecule has 1 aliphatic heterocycles. The normalized spacial score (nSPS) is 16.6. The topological polar surface area (TPSA) is 55.2 Å². The van der Waals surface area contributed by atoms with Crippen LogP contribution in [0.2, 0.25) is 0 Å². The van der Waals surface area contributed by atoms with E-state index in [1.165, 1.54) is 12.1 Å². The molecule has 5 nitrogen and oxygen atoms in total. The highest BCUT2D eigenvalue weighted by Crippen LogP contribution is 2.48. The van der Waals surface area contributed by atoms with E-state index in [0.29, 0.717) is 12.4 Å². The Morgan fingerprint density at radius 2 is 1.70 bits per heavy atom. The van der Waals surface area contributed by atoms with E-state index in [1.54, 1.807) is 20.9 Å². The molecule has 0 aliphatic carbocycles. The fourth-order valence-corrected chi connectivity index (χ4v) is 6.26. The highest BCUT2D eigenvalue weighted by Gasteiger charge is 2.46. The number of aryl methyl sites for hydroxylation is 2. The zero-order valence-electron chi connectivity index (χ0n) is 22.1. The Labute approximate surface area is 248 Å². The Hall–Kier alpha value is -3.02. The molecule has 0 radical (unpaired) electrons. The maximum absolute atomic E-state index is 14.1. The van der Waals surface area contributed by atoms with Gasteiger partial charge in [-0.15, -0.1) is 11.3 Å². The Morgan fingerprint density at radius 3 is 2.30 bits per heavy atom. The third-order valence-corrected chi connectivity index (χ3v) is 8.02. The zero-order valence-corrected chi connectivity index (χ0v) is 24.9. The highest BCUT2D eigenvalue weighted by molar-refractivity contribution is 7.59. The van der Waals surface area contributed by atoms with E-state index in [2.05, 4.69) is 0 Å². The second-order valence-corrected chi connectivity index (χ2v) is 10.7. The van der Waals surface area contributed by atoms with Crippen LogP contribution in [0.4, 0.5) is 19.0 Å². The molecule has 2 aromatic carbocycles. The molecule has 0 spiro atoms. The number of carbonyl (C=O) groups excluding carboxylic acids is 2. The molecular formula is C29H30F3N3O2S3. The van der Waals surface area contributed by atoms with Crippen LogP contribution in [0.25, 0.3) is 5.69 Å². The number of rotatable bonds is 6. The predicted octanol–water partition coefficient (Wildman–Crippen LogP) is 7.18. The fraction of sp³-hybridized carbons (Fsp3) is 0.276. The lowest BCUT2D eigenvalue weighted by atomic mass is 9.77. The smallest absolute Gasteiger partial charge is 0.296 e. The number of ketones is 1. The number of halogens is 3. The van der Waals surface area contributed by atoms with Gasteiger partial charge in [-0.25, -0.2) is 4.68 Å². The number of hydrogen-bond donors (Lipinski definition) is 0. The summed E-state index contributed by atoms with van der Waals surface area (Å²) in [5, 5.41) is 4.81. The molecule has 0 unspecified atom stereocenters. The second-order valence-electron chi connectivity index (χ2n) is 9.39. The van der Waals surface area contributed by atoms with Gasteiger partial charge in [0, 0.05) is 39.8 Å². The van der Waals surface area contributed by atoms with Crippen molar-refractivity contribution in [3.05, 3.63) is 98.9 Å². The third-order valence-electron chi connectivity index (χ3n) is 6.94. The van der Waals surface area contributed by atoms with Gasteiger partial charge in [0.1, 0.15) is 5.82 Å². The quantitative estimate of drug-likeness (QED) is 0.219. The van der Waals surface area contributed by atoms with E-state index in [9.17, 15) is 22.8 Å². The van der Waals surface area contributed by atoms with Gasteiger partial charge in [0.05, 0.1) is 22.9 Å². The molecule has 2 atom stereocenters. The molecule has 4 aromatic rings. The van der Waals surface area contributed by atoms with E-state index in [1.807, 2.05) is 63.2 Å². The van der Waals surface area contributed by atoms with Gasteiger partial charge < -0.3 is 0 Å². The van der Waals surface area contributed by atoms with Crippen LogP contribution in [-0.4, -0.2) is 28.0 Å². The van der Waals surface area contributed by atoms with Gasteiger partial charge in [0.2, 0.25) is 5.91 Å². The van der Waals surface area contributed by atoms with Crippen molar-refractivity contribution in [2.45, 2.75) is 39.3 Å². The van der Waals surface area contributed by atoms with Crippen molar-refractivity contribution < 1.29 is 22.8 Å². The van der Waals surface area contributed by atoms with Crippen LogP contribution in [-0.2, 0) is 11.0 Å². The van der Waals surface area contributed by atoms with Gasteiger partial charge in [-0.1, -0.05) is 30.3 Å². The van der Waals surface area contributed by atoms with Crippen molar-refractivity contribution in [1.82, 2.24) is 9.78 Å². The second kappa shape index (κ2) is 12.2. The average Bonchev–Trinajstić information content (AvgIpc) is 3.48. The molecule has 0 saturated carbocycles. The standard InChI is InChI=1S/C29H26F3N3O2S.2H2S/c1-4-34-27-25(18(3)33-35(27)21-11-6-5-7-12-21)26(24-14-13-17(2)38-24)22(28(34)37)16-23(36)19-9-8-10-20(15-19)29(30,31)32;;/h5-15,22,26H,4,16H2,1-3H3;2*1H2/t22-,26-;;/m0../s1. The number of nitrogens with zero attached hydrogens (tertiary/aromatic N) is 3. The summed E-state index contributed by atoms with van der Waals surface area (Å²) >= 11 is 1.55.